The first kappa shape index (κ1) is 21.4. The van der Waals surface area contributed by atoms with Crippen LogP contribution < -0.4 is 9.80 Å². The standard InChI is InChI=1S/C26H29N5O2/c1-3-19-8-6-7-18(2)25(19)31-17-20(15-24(31)32)26(33)30-13-11-29(12-14-30)23-16-27-21-9-4-5-10-22(21)28-23/h4-10,16,20H,3,11-15,17H2,1-2H3. The summed E-state index contributed by atoms with van der Waals surface area (Å²) >= 11 is 0. The van der Waals surface area contributed by atoms with Gasteiger partial charge in [-0.15, -0.1) is 0 Å². The highest BCUT2D eigenvalue weighted by atomic mass is 16.2. The van der Waals surface area contributed by atoms with Gasteiger partial charge in [-0.3, -0.25) is 14.6 Å². The highest BCUT2D eigenvalue weighted by molar-refractivity contribution is 6.01. The Labute approximate surface area is 194 Å². The zero-order valence-electron chi connectivity index (χ0n) is 19.2. The number of aromatic nitrogens is 2. The van der Waals surface area contributed by atoms with E-state index in [9.17, 15) is 9.59 Å². The molecule has 2 fully saturated rings. The number of hydrogen-bond donors (Lipinski definition) is 0. The maximum absolute atomic E-state index is 13.3. The molecule has 0 radical (unpaired) electrons. The fourth-order valence-electron chi connectivity index (χ4n) is 4.99. The predicted molar refractivity (Wildman–Crippen MR) is 129 cm³/mol. The summed E-state index contributed by atoms with van der Waals surface area (Å²) in [7, 11) is 0. The van der Waals surface area contributed by atoms with E-state index in [1.807, 2.05) is 53.1 Å². The molecule has 33 heavy (non-hydrogen) atoms. The smallest absolute Gasteiger partial charge is 0.228 e. The highest BCUT2D eigenvalue weighted by Gasteiger charge is 2.39. The summed E-state index contributed by atoms with van der Waals surface area (Å²) in [6.07, 6.45) is 2.95. The molecule has 0 aliphatic carbocycles. The normalized spacial score (nSPS) is 18.9. The molecular formula is C26H29N5O2. The molecule has 0 N–H and O–H groups in total. The molecule has 0 bridgehead atoms. The molecule has 0 saturated carbocycles. The minimum atomic E-state index is -0.283. The van der Waals surface area contributed by atoms with E-state index in [0.29, 0.717) is 32.7 Å². The van der Waals surface area contributed by atoms with E-state index in [1.165, 1.54) is 0 Å². The molecule has 2 amide bonds. The molecule has 2 aromatic carbocycles. The van der Waals surface area contributed by atoms with Crippen molar-refractivity contribution < 1.29 is 9.59 Å². The van der Waals surface area contributed by atoms with Crippen LogP contribution in [0.3, 0.4) is 0 Å². The summed E-state index contributed by atoms with van der Waals surface area (Å²) in [6, 6.07) is 14.0. The molecule has 2 saturated heterocycles. The van der Waals surface area contributed by atoms with Crippen molar-refractivity contribution in [3.05, 3.63) is 59.8 Å². The van der Waals surface area contributed by atoms with Crippen LogP contribution in [0.5, 0.6) is 0 Å². The van der Waals surface area contributed by atoms with Gasteiger partial charge < -0.3 is 14.7 Å². The average Bonchev–Trinajstić information content (AvgIpc) is 3.24. The van der Waals surface area contributed by atoms with Crippen molar-refractivity contribution >= 4 is 34.4 Å². The lowest BCUT2D eigenvalue weighted by molar-refractivity contribution is -0.136. The second-order valence-electron chi connectivity index (χ2n) is 8.87. The minimum Gasteiger partial charge on any atom is -0.352 e. The first-order valence-electron chi connectivity index (χ1n) is 11.7. The Kier molecular flexibility index (Phi) is 5.70. The lowest BCUT2D eigenvalue weighted by Gasteiger charge is -2.36. The van der Waals surface area contributed by atoms with Crippen molar-refractivity contribution in [2.75, 3.05) is 42.5 Å². The monoisotopic (exact) mass is 443 g/mol. The number of nitrogens with zero attached hydrogens (tertiary/aromatic N) is 5. The van der Waals surface area contributed by atoms with E-state index in [0.717, 1.165) is 40.1 Å². The van der Waals surface area contributed by atoms with Gasteiger partial charge >= 0.3 is 0 Å². The summed E-state index contributed by atoms with van der Waals surface area (Å²) < 4.78 is 0. The molecule has 1 unspecified atom stereocenters. The Hall–Kier alpha value is -3.48. The van der Waals surface area contributed by atoms with Crippen LogP contribution in [0.15, 0.2) is 48.7 Å². The number of fused-ring (bicyclic) bond motifs is 1. The maximum Gasteiger partial charge on any atom is 0.228 e. The number of aryl methyl sites for hydroxylation is 2. The first-order valence-corrected chi connectivity index (χ1v) is 11.7. The maximum atomic E-state index is 13.3. The highest BCUT2D eigenvalue weighted by Crippen LogP contribution is 2.32. The van der Waals surface area contributed by atoms with Gasteiger partial charge in [-0.1, -0.05) is 37.3 Å². The Morgan fingerprint density at radius 2 is 1.79 bits per heavy atom. The average molecular weight is 444 g/mol. The van der Waals surface area contributed by atoms with Gasteiger partial charge in [0.15, 0.2) is 0 Å². The number of benzene rings is 2. The zero-order valence-corrected chi connectivity index (χ0v) is 19.2. The fourth-order valence-corrected chi connectivity index (χ4v) is 4.99. The number of rotatable bonds is 4. The third-order valence-electron chi connectivity index (χ3n) is 6.80. The zero-order chi connectivity index (χ0) is 22.9. The van der Waals surface area contributed by atoms with E-state index in [-0.39, 0.29) is 24.2 Å². The van der Waals surface area contributed by atoms with Gasteiger partial charge in [-0.05, 0) is 36.6 Å². The van der Waals surface area contributed by atoms with Crippen LogP contribution in [0.25, 0.3) is 11.0 Å². The summed E-state index contributed by atoms with van der Waals surface area (Å²) in [6.45, 7) is 7.27. The Morgan fingerprint density at radius 1 is 1.03 bits per heavy atom. The molecule has 170 valence electrons. The lowest BCUT2D eigenvalue weighted by Crippen LogP contribution is -2.51. The van der Waals surface area contributed by atoms with Gasteiger partial charge in [0.1, 0.15) is 5.82 Å². The van der Waals surface area contributed by atoms with Crippen molar-refractivity contribution in [3.8, 4) is 0 Å². The largest absolute Gasteiger partial charge is 0.352 e. The van der Waals surface area contributed by atoms with Crippen LogP contribution >= 0.6 is 0 Å². The number of hydrogen-bond acceptors (Lipinski definition) is 5. The van der Waals surface area contributed by atoms with E-state index in [2.05, 4.69) is 22.9 Å². The van der Waals surface area contributed by atoms with Crippen molar-refractivity contribution in [2.45, 2.75) is 26.7 Å². The molecule has 3 aromatic rings. The molecule has 7 nitrogen and oxygen atoms in total. The van der Waals surface area contributed by atoms with Crippen LogP contribution in [-0.4, -0.2) is 59.4 Å². The molecule has 1 aromatic heterocycles. The van der Waals surface area contributed by atoms with E-state index in [4.69, 9.17) is 4.98 Å². The molecule has 2 aliphatic rings. The van der Waals surface area contributed by atoms with Gasteiger partial charge in [-0.2, -0.15) is 0 Å². The van der Waals surface area contributed by atoms with Gasteiger partial charge in [0.25, 0.3) is 0 Å². The SMILES string of the molecule is CCc1cccc(C)c1N1CC(C(=O)N2CCN(c3cnc4ccccc4n3)CC2)CC1=O. The van der Waals surface area contributed by atoms with Crippen molar-refractivity contribution in [1.29, 1.82) is 0 Å². The summed E-state index contributed by atoms with van der Waals surface area (Å²) in [4.78, 5) is 41.3. The Balaban J connectivity index is 1.24. The molecule has 2 aliphatic heterocycles. The third-order valence-corrected chi connectivity index (χ3v) is 6.80. The Morgan fingerprint density at radius 3 is 2.55 bits per heavy atom. The number of piperazine rings is 1. The van der Waals surface area contributed by atoms with Crippen molar-refractivity contribution in [1.82, 2.24) is 14.9 Å². The third kappa shape index (κ3) is 4.03. The number of carbonyl (C=O) groups excluding carboxylic acids is 2. The van der Waals surface area contributed by atoms with E-state index >= 15 is 0 Å². The van der Waals surface area contributed by atoms with Gasteiger partial charge in [0.2, 0.25) is 11.8 Å². The van der Waals surface area contributed by atoms with E-state index < -0.39 is 0 Å². The molecule has 1 atom stereocenters. The van der Waals surface area contributed by atoms with Crippen LogP contribution in [0.1, 0.15) is 24.5 Å². The van der Waals surface area contributed by atoms with Crippen molar-refractivity contribution in [2.24, 2.45) is 5.92 Å². The van der Waals surface area contributed by atoms with E-state index in [1.54, 1.807) is 6.20 Å². The lowest BCUT2D eigenvalue weighted by atomic mass is 10.0. The topological polar surface area (TPSA) is 69.6 Å². The van der Waals surface area contributed by atoms with Gasteiger partial charge in [-0.25, -0.2) is 4.98 Å². The fraction of sp³-hybridized carbons (Fsp3) is 0.385. The van der Waals surface area contributed by atoms with Crippen LogP contribution in [0, 0.1) is 12.8 Å². The van der Waals surface area contributed by atoms with Crippen molar-refractivity contribution in [3.63, 3.8) is 0 Å². The molecule has 3 heterocycles. The molecular weight excluding hydrogens is 414 g/mol. The van der Waals surface area contributed by atoms with Crippen LogP contribution in [0.2, 0.25) is 0 Å². The number of carbonyl (C=O) groups is 2. The number of amides is 2. The number of para-hydroxylation sites is 3. The first-order chi connectivity index (χ1) is 16.0. The summed E-state index contributed by atoms with van der Waals surface area (Å²) in [5.74, 6) is 0.688. The molecule has 5 rings (SSSR count). The molecule has 7 heteroatoms. The minimum absolute atomic E-state index is 0.0439. The quantitative estimate of drug-likeness (QED) is 0.619. The predicted octanol–water partition coefficient (Wildman–Crippen LogP) is 3.20. The summed E-state index contributed by atoms with van der Waals surface area (Å²) in [5, 5.41) is 0. The van der Waals surface area contributed by atoms with Gasteiger partial charge in [0, 0.05) is 44.8 Å². The number of anilines is 2. The van der Waals surface area contributed by atoms with Crippen LogP contribution in [-0.2, 0) is 16.0 Å². The molecule has 0 spiro atoms. The Bertz CT molecular complexity index is 1200. The van der Waals surface area contributed by atoms with Crippen LogP contribution in [0.4, 0.5) is 11.5 Å². The van der Waals surface area contributed by atoms with Gasteiger partial charge in [0.05, 0.1) is 23.1 Å². The summed E-state index contributed by atoms with van der Waals surface area (Å²) in [5.41, 5.74) is 4.98. The second-order valence-corrected chi connectivity index (χ2v) is 8.87. The second kappa shape index (κ2) is 8.81.